The predicted molar refractivity (Wildman–Crippen MR) is 101 cm³/mol. The first-order valence-electron chi connectivity index (χ1n) is 10.4. The number of halogens is 4. The van der Waals surface area contributed by atoms with Crippen LogP contribution in [0.1, 0.15) is 49.7 Å². The minimum absolute atomic E-state index is 0.0223. The third kappa shape index (κ3) is 4.43. The Hall–Kier alpha value is -2.52. The highest BCUT2D eigenvalue weighted by molar-refractivity contribution is 5.71. The number of likely N-dealkylation sites (tertiary alicyclic amines) is 1. The first-order valence-corrected chi connectivity index (χ1v) is 10.4. The molecule has 1 saturated heterocycles. The highest BCUT2D eigenvalue weighted by Crippen LogP contribution is 2.52. The molecule has 0 aromatic heterocycles. The monoisotopic (exact) mass is 444 g/mol. The molecule has 0 radical (unpaired) electrons. The van der Waals surface area contributed by atoms with Crippen LogP contribution in [0, 0.1) is 11.7 Å². The number of carboxylic acid groups (broad SMARTS) is 1. The van der Waals surface area contributed by atoms with Crippen LogP contribution in [0.5, 0.6) is 0 Å². The van der Waals surface area contributed by atoms with E-state index in [1.165, 1.54) is 15.9 Å². The number of hydrogen-bond acceptors (Lipinski definition) is 3. The molecule has 1 atom stereocenters. The highest BCUT2D eigenvalue weighted by Gasteiger charge is 2.54. The highest BCUT2D eigenvalue weighted by atomic mass is 19.4. The molecule has 1 heterocycles. The summed E-state index contributed by atoms with van der Waals surface area (Å²) in [6.07, 6.45) is -2.72. The smallest absolute Gasteiger partial charge is 0.419 e. The van der Waals surface area contributed by atoms with Gasteiger partial charge >= 0.3 is 18.4 Å². The van der Waals surface area contributed by atoms with Gasteiger partial charge in [0.05, 0.1) is 23.8 Å². The van der Waals surface area contributed by atoms with E-state index < -0.39 is 41.3 Å². The Morgan fingerprint density at radius 1 is 1.23 bits per heavy atom. The largest absolute Gasteiger partial charge is 0.465 e. The molecule has 1 aromatic rings. The molecular weight excluding hydrogens is 420 g/mol. The summed E-state index contributed by atoms with van der Waals surface area (Å²) < 4.78 is 59.0. The number of nitrogens with zero attached hydrogens (tertiary/aromatic N) is 2. The molecule has 0 bridgehead atoms. The van der Waals surface area contributed by atoms with Crippen molar-refractivity contribution in [1.29, 1.82) is 0 Å². The summed E-state index contributed by atoms with van der Waals surface area (Å²) in [5.41, 5.74) is -2.25. The van der Waals surface area contributed by atoms with E-state index in [9.17, 15) is 32.3 Å². The van der Waals surface area contributed by atoms with Gasteiger partial charge in [-0.2, -0.15) is 13.2 Å². The molecule has 170 valence electrons. The summed E-state index contributed by atoms with van der Waals surface area (Å²) in [6, 6.07) is 2.33. The van der Waals surface area contributed by atoms with Gasteiger partial charge in [0.25, 0.3) is 0 Å². The number of benzene rings is 1. The zero-order valence-corrected chi connectivity index (χ0v) is 16.8. The molecule has 10 heteroatoms. The molecule has 3 fully saturated rings. The van der Waals surface area contributed by atoms with E-state index in [2.05, 4.69) is 0 Å². The van der Waals surface area contributed by atoms with Gasteiger partial charge in [-0.1, -0.05) is 6.07 Å². The van der Waals surface area contributed by atoms with Crippen molar-refractivity contribution in [2.24, 2.45) is 5.92 Å². The van der Waals surface area contributed by atoms with Crippen molar-refractivity contribution < 1.29 is 37.0 Å². The summed E-state index contributed by atoms with van der Waals surface area (Å²) in [5, 5.41) is 9.44. The van der Waals surface area contributed by atoms with Gasteiger partial charge in [0.15, 0.2) is 0 Å². The zero-order chi connectivity index (χ0) is 22.4. The van der Waals surface area contributed by atoms with Crippen molar-refractivity contribution >= 4 is 12.2 Å². The Morgan fingerprint density at radius 3 is 2.52 bits per heavy atom. The first kappa shape index (κ1) is 21.7. The molecule has 2 amide bonds. The van der Waals surface area contributed by atoms with Crippen molar-refractivity contribution in [3.05, 3.63) is 35.1 Å². The summed E-state index contributed by atoms with van der Waals surface area (Å²) >= 11 is 0. The number of hydrogen-bond donors (Lipinski definition) is 1. The Bertz CT molecular complexity index is 867. The van der Waals surface area contributed by atoms with Gasteiger partial charge in [0.2, 0.25) is 0 Å². The van der Waals surface area contributed by atoms with Crippen LogP contribution in [0.3, 0.4) is 0 Å². The number of carbonyl (C=O) groups is 2. The van der Waals surface area contributed by atoms with Gasteiger partial charge in [-0.05, 0) is 62.1 Å². The molecule has 2 aliphatic carbocycles. The fourth-order valence-corrected chi connectivity index (χ4v) is 4.33. The molecule has 6 nitrogen and oxygen atoms in total. The number of ether oxygens (including phenoxy) is 1. The summed E-state index contributed by atoms with van der Waals surface area (Å²) in [5.74, 6) is -1.08. The summed E-state index contributed by atoms with van der Waals surface area (Å²) in [7, 11) is 0. The van der Waals surface area contributed by atoms with Gasteiger partial charge < -0.3 is 14.7 Å². The Kier molecular flexibility index (Phi) is 5.51. The van der Waals surface area contributed by atoms with E-state index in [1.807, 2.05) is 0 Å². The SMILES string of the molecule is O=C(O)N1CCCC1CN(C(=O)OCC1CC1)C1(c2ccc(F)c(C(F)(F)F)c2)CC1. The molecular formula is C21H24F4N2O4. The molecule has 31 heavy (non-hydrogen) atoms. The molecule has 1 N–H and O–H groups in total. The quantitative estimate of drug-likeness (QED) is 0.639. The molecule has 1 aromatic carbocycles. The van der Waals surface area contributed by atoms with E-state index in [-0.39, 0.29) is 18.7 Å². The molecule has 1 unspecified atom stereocenters. The maximum Gasteiger partial charge on any atom is 0.419 e. The second-order valence-corrected chi connectivity index (χ2v) is 8.63. The number of rotatable bonds is 6. The van der Waals surface area contributed by atoms with E-state index in [4.69, 9.17) is 4.74 Å². The fourth-order valence-electron chi connectivity index (χ4n) is 4.33. The van der Waals surface area contributed by atoms with Gasteiger partial charge in [0.1, 0.15) is 5.82 Å². The van der Waals surface area contributed by atoms with Crippen LogP contribution in [-0.2, 0) is 16.5 Å². The lowest BCUT2D eigenvalue weighted by Crippen LogP contribution is -2.49. The van der Waals surface area contributed by atoms with Crippen molar-refractivity contribution in [3.63, 3.8) is 0 Å². The summed E-state index contributed by atoms with van der Waals surface area (Å²) in [4.78, 5) is 27.2. The zero-order valence-electron chi connectivity index (χ0n) is 16.8. The topological polar surface area (TPSA) is 70.1 Å². The van der Waals surface area contributed by atoms with Gasteiger partial charge in [-0.15, -0.1) is 0 Å². The number of amides is 2. The Morgan fingerprint density at radius 2 is 1.94 bits per heavy atom. The van der Waals surface area contributed by atoms with Gasteiger partial charge in [0, 0.05) is 13.1 Å². The molecule has 2 saturated carbocycles. The van der Waals surface area contributed by atoms with Crippen molar-refractivity contribution in [2.75, 3.05) is 19.7 Å². The molecule has 1 aliphatic heterocycles. The predicted octanol–water partition coefficient (Wildman–Crippen LogP) is 4.82. The maximum atomic E-state index is 13.8. The van der Waals surface area contributed by atoms with Crippen LogP contribution in [0.2, 0.25) is 0 Å². The van der Waals surface area contributed by atoms with E-state index in [1.54, 1.807) is 0 Å². The first-order chi connectivity index (χ1) is 14.6. The van der Waals surface area contributed by atoms with Crippen molar-refractivity contribution in [1.82, 2.24) is 9.80 Å². The van der Waals surface area contributed by atoms with Crippen LogP contribution in [-0.4, -0.2) is 52.8 Å². The lowest BCUT2D eigenvalue weighted by atomic mass is 9.99. The lowest BCUT2D eigenvalue weighted by molar-refractivity contribution is -0.140. The van der Waals surface area contributed by atoms with Crippen LogP contribution in [0.25, 0.3) is 0 Å². The van der Waals surface area contributed by atoms with E-state index >= 15 is 0 Å². The van der Waals surface area contributed by atoms with E-state index in [0.717, 1.165) is 25.0 Å². The summed E-state index contributed by atoms with van der Waals surface area (Å²) in [6.45, 7) is 0.594. The second-order valence-electron chi connectivity index (χ2n) is 8.63. The fraction of sp³-hybridized carbons (Fsp3) is 0.619. The van der Waals surface area contributed by atoms with Crippen LogP contribution in [0.15, 0.2) is 18.2 Å². The third-order valence-corrected chi connectivity index (χ3v) is 6.43. The van der Waals surface area contributed by atoms with Crippen LogP contribution >= 0.6 is 0 Å². The number of alkyl halides is 3. The van der Waals surface area contributed by atoms with Crippen LogP contribution < -0.4 is 0 Å². The lowest BCUT2D eigenvalue weighted by Gasteiger charge is -2.35. The minimum atomic E-state index is -4.86. The standard InChI is InChI=1S/C21H24F4N2O4/c22-17-6-5-14(10-16(17)21(23,24)25)20(7-8-20)27(19(30)31-12-13-3-4-13)11-15-2-1-9-26(15)18(28)29/h5-6,10,13,15H,1-4,7-9,11-12H2,(H,28,29). The normalized spacial score (nSPS) is 22.3. The number of carbonyl (C=O) groups excluding carboxylic acids is 1. The average molecular weight is 444 g/mol. The third-order valence-electron chi connectivity index (χ3n) is 6.43. The van der Waals surface area contributed by atoms with Gasteiger partial charge in [-0.25, -0.2) is 14.0 Å². The van der Waals surface area contributed by atoms with Crippen molar-refractivity contribution in [2.45, 2.75) is 56.3 Å². The molecule has 4 rings (SSSR count). The van der Waals surface area contributed by atoms with E-state index in [0.29, 0.717) is 38.1 Å². The van der Waals surface area contributed by atoms with Gasteiger partial charge in [-0.3, -0.25) is 4.90 Å². The molecule has 0 spiro atoms. The second kappa shape index (κ2) is 7.87. The molecule has 3 aliphatic rings. The minimum Gasteiger partial charge on any atom is -0.465 e. The average Bonchev–Trinajstić information content (AvgIpc) is 3.62. The Balaban J connectivity index is 1.64. The Labute approximate surface area is 176 Å². The van der Waals surface area contributed by atoms with Crippen molar-refractivity contribution in [3.8, 4) is 0 Å². The van der Waals surface area contributed by atoms with Crippen LogP contribution in [0.4, 0.5) is 27.2 Å². The maximum absolute atomic E-state index is 13.8.